The molecule has 3 aromatic rings. The van der Waals surface area contributed by atoms with Crippen molar-refractivity contribution in [2.45, 2.75) is 26.7 Å². The topological polar surface area (TPSA) is 66.9 Å². The van der Waals surface area contributed by atoms with Crippen LogP contribution in [-0.4, -0.2) is 15.9 Å². The van der Waals surface area contributed by atoms with Gasteiger partial charge >= 0.3 is 0 Å². The van der Waals surface area contributed by atoms with E-state index in [1.807, 2.05) is 55.5 Å². The molecule has 0 aliphatic heterocycles. The number of aromatic nitrogens is 2. The highest BCUT2D eigenvalue weighted by Crippen LogP contribution is 2.24. The third-order valence-electron chi connectivity index (χ3n) is 4.03. The molecule has 1 aromatic heterocycles. The zero-order chi connectivity index (χ0) is 18.5. The van der Waals surface area contributed by atoms with E-state index in [2.05, 4.69) is 34.4 Å². The average Bonchev–Trinajstić information content (AvgIpc) is 2.64. The molecule has 2 N–H and O–H groups in total. The largest absolute Gasteiger partial charge is 0.324 e. The van der Waals surface area contributed by atoms with E-state index >= 15 is 0 Å². The Morgan fingerprint density at radius 3 is 2.46 bits per heavy atom. The van der Waals surface area contributed by atoms with Gasteiger partial charge in [0.1, 0.15) is 5.69 Å². The first-order valence-electron chi connectivity index (χ1n) is 8.60. The number of nitrogens with one attached hydrogen (secondary N) is 2. The summed E-state index contributed by atoms with van der Waals surface area (Å²) in [5.41, 5.74) is 4.26. The minimum absolute atomic E-state index is 0.257. The predicted molar refractivity (Wildman–Crippen MR) is 105 cm³/mol. The molecule has 0 aliphatic rings. The van der Waals surface area contributed by atoms with Crippen molar-refractivity contribution < 1.29 is 4.79 Å². The zero-order valence-corrected chi connectivity index (χ0v) is 15.2. The van der Waals surface area contributed by atoms with Crippen LogP contribution in [0.15, 0.2) is 60.8 Å². The molecule has 132 valence electrons. The number of amides is 1. The Balaban J connectivity index is 1.77. The van der Waals surface area contributed by atoms with Gasteiger partial charge in [-0.2, -0.15) is 0 Å². The van der Waals surface area contributed by atoms with Crippen molar-refractivity contribution >= 4 is 23.2 Å². The molecular weight excluding hydrogens is 324 g/mol. The molecule has 0 radical (unpaired) electrons. The molecule has 0 unspecified atom stereocenters. The van der Waals surface area contributed by atoms with Crippen molar-refractivity contribution in [3.63, 3.8) is 0 Å². The number of hydrogen-bond acceptors (Lipinski definition) is 4. The van der Waals surface area contributed by atoms with Crippen LogP contribution in [0, 0.1) is 6.92 Å². The van der Waals surface area contributed by atoms with Crippen molar-refractivity contribution in [2.24, 2.45) is 0 Å². The second-order valence-corrected chi connectivity index (χ2v) is 6.45. The van der Waals surface area contributed by atoms with Gasteiger partial charge in [0.25, 0.3) is 5.91 Å². The molecule has 0 aliphatic carbocycles. The van der Waals surface area contributed by atoms with Crippen LogP contribution in [-0.2, 0) is 0 Å². The Hall–Kier alpha value is -3.21. The van der Waals surface area contributed by atoms with Crippen LogP contribution >= 0.6 is 0 Å². The van der Waals surface area contributed by atoms with Crippen LogP contribution in [0.4, 0.5) is 17.3 Å². The molecule has 0 fully saturated rings. The SMILES string of the molecule is Cc1ccc(Nc2nccc(C(=O)Nc3ccccc3C(C)C)n2)cc1. The van der Waals surface area contributed by atoms with Crippen molar-refractivity contribution in [3.05, 3.63) is 77.6 Å². The average molecular weight is 346 g/mol. The van der Waals surface area contributed by atoms with Crippen LogP contribution in [0.25, 0.3) is 0 Å². The van der Waals surface area contributed by atoms with E-state index in [1.54, 1.807) is 12.3 Å². The first-order chi connectivity index (χ1) is 12.5. The lowest BCUT2D eigenvalue weighted by Crippen LogP contribution is -2.16. The van der Waals surface area contributed by atoms with E-state index < -0.39 is 0 Å². The van der Waals surface area contributed by atoms with Gasteiger partial charge in [-0.1, -0.05) is 49.7 Å². The van der Waals surface area contributed by atoms with Gasteiger partial charge in [0.05, 0.1) is 0 Å². The molecule has 5 nitrogen and oxygen atoms in total. The van der Waals surface area contributed by atoms with Crippen molar-refractivity contribution in [1.82, 2.24) is 9.97 Å². The minimum atomic E-state index is -0.257. The standard InChI is InChI=1S/C21H22N4O/c1-14(2)17-6-4-5-7-18(17)24-20(26)19-12-13-22-21(25-19)23-16-10-8-15(3)9-11-16/h4-14H,1-3H3,(H,24,26)(H,22,23,25). The maximum Gasteiger partial charge on any atom is 0.274 e. The Morgan fingerprint density at radius 2 is 1.73 bits per heavy atom. The summed E-state index contributed by atoms with van der Waals surface area (Å²) in [7, 11) is 0. The fourth-order valence-corrected chi connectivity index (χ4v) is 2.61. The lowest BCUT2D eigenvalue weighted by Gasteiger charge is -2.13. The number of carbonyl (C=O) groups excluding carboxylic acids is 1. The minimum Gasteiger partial charge on any atom is -0.324 e. The number of anilines is 3. The Morgan fingerprint density at radius 1 is 1.00 bits per heavy atom. The highest BCUT2D eigenvalue weighted by atomic mass is 16.1. The second-order valence-electron chi connectivity index (χ2n) is 6.45. The Labute approximate surface area is 153 Å². The maximum absolute atomic E-state index is 12.6. The number of benzene rings is 2. The predicted octanol–water partition coefficient (Wildman–Crippen LogP) is 4.90. The van der Waals surface area contributed by atoms with Crippen molar-refractivity contribution in [1.29, 1.82) is 0 Å². The van der Waals surface area contributed by atoms with Gasteiger partial charge in [0, 0.05) is 17.6 Å². The molecule has 0 saturated heterocycles. The van der Waals surface area contributed by atoms with E-state index in [9.17, 15) is 4.79 Å². The molecule has 0 atom stereocenters. The van der Waals surface area contributed by atoms with E-state index in [1.165, 1.54) is 5.56 Å². The molecule has 5 heteroatoms. The highest BCUT2D eigenvalue weighted by molar-refractivity contribution is 6.03. The number of nitrogens with zero attached hydrogens (tertiary/aromatic N) is 2. The van der Waals surface area contributed by atoms with Crippen LogP contribution in [0.3, 0.4) is 0 Å². The molecule has 0 bridgehead atoms. The Kier molecular flexibility index (Phi) is 5.27. The molecule has 1 heterocycles. The van der Waals surface area contributed by atoms with Gasteiger partial charge in [-0.15, -0.1) is 0 Å². The number of rotatable bonds is 5. The van der Waals surface area contributed by atoms with Gasteiger partial charge in [-0.05, 0) is 42.7 Å². The first kappa shape index (κ1) is 17.6. The van der Waals surface area contributed by atoms with E-state index in [4.69, 9.17) is 0 Å². The van der Waals surface area contributed by atoms with Gasteiger partial charge in [-0.3, -0.25) is 4.79 Å². The van der Waals surface area contributed by atoms with Crippen LogP contribution < -0.4 is 10.6 Å². The number of carbonyl (C=O) groups is 1. The molecule has 26 heavy (non-hydrogen) atoms. The Bertz CT molecular complexity index is 904. The molecule has 0 spiro atoms. The molecule has 1 amide bonds. The zero-order valence-electron chi connectivity index (χ0n) is 15.2. The van der Waals surface area contributed by atoms with Gasteiger partial charge in [0.15, 0.2) is 0 Å². The first-order valence-corrected chi connectivity index (χ1v) is 8.60. The summed E-state index contributed by atoms with van der Waals surface area (Å²) in [5.74, 6) is 0.446. The van der Waals surface area contributed by atoms with Gasteiger partial charge in [0.2, 0.25) is 5.95 Å². The second kappa shape index (κ2) is 7.78. The maximum atomic E-state index is 12.6. The number of aryl methyl sites for hydroxylation is 1. The summed E-state index contributed by atoms with van der Waals surface area (Å²) in [4.78, 5) is 21.1. The van der Waals surface area contributed by atoms with Crippen LogP contribution in [0.5, 0.6) is 0 Å². The molecule has 3 rings (SSSR count). The fraction of sp³-hybridized carbons (Fsp3) is 0.190. The van der Waals surface area contributed by atoms with E-state index in [-0.39, 0.29) is 5.91 Å². The quantitative estimate of drug-likeness (QED) is 0.689. The number of para-hydroxylation sites is 1. The summed E-state index contributed by atoms with van der Waals surface area (Å²) in [6.45, 7) is 6.22. The third kappa shape index (κ3) is 4.25. The summed E-state index contributed by atoms with van der Waals surface area (Å²) in [5, 5.41) is 6.07. The molecule has 2 aromatic carbocycles. The summed E-state index contributed by atoms with van der Waals surface area (Å²) >= 11 is 0. The third-order valence-corrected chi connectivity index (χ3v) is 4.03. The van der Waals surface area contributed by atoms with Crippen molar-refractivity contribution in [2.75, 3.05) is 10.6 Å². The summed E-state index contributed by atoms with van der Waals surface area (Å²) in [6, 6.07) is 17.3. The highest BCUT2D eigenvalue weighted by Gasteiger charge is 2.13. The smallest absolute Gasteiger partial charge is 0.274 e. The van der Waals surface area contributed by atoms with E-state index in [0.29, 0.717) is 17.6 Å². The molecule has 0 saturated carbocycles. The van der Waals surface area contributed by atoms with Crippen molar-refractivity contribution in [3.8, 4) is 0 Å². The summed E-state index contributed by atoms with van der Waals surface area (Å²) < 4.78 is 0. The summed E-state index contributed by atoms with van der Waals surface area (Å²) in [6.07, 6.45) is 1.58. The fourth-order valence-electron chi connectivity index (χ4n) is 2.61. The van der Waals surface area contributed by atoms with Crippen LogP contribution in [0.1, 0.15) is 41.4 Å². The monoisotopic (exact) mass is 346 g/mol. The number of hydrogen-bond donors (Lipinski definition) is 2. The lowest BCUT2D eigenvalue weighted by molar-refractivity contribution is 0.102. The van der Waals surface area contributed by atoms with Gasteiger partial charge in [-0.25, -0.2) is 9.97 Å². The van der Waals surface area contributed by atoms with E-state index in [0.717, 1.165) is 16.9 Å². The van der Waals surface area contributed by atoms with Crippen LogP contribution in [0.2, 0.25) is 0 Å². The lowest BCUT2D eigenvalue weighted by atomic mass is 10.0. The van der Waals surface area contributed by atoms with Gasteiger partial charge < -0.3 is 10.6 Å². The molecular formula is C21H22N4O. The normalized spacial score (nSPS) is 10.6.